The van der Waals surface area contributed by atoms with Crippen molar-refractivity contribution in [3.8, 4) is 0 Å². The number of carbonyl (C=O) groups is 1. The second-order valence-corrected chi connectivity index (χ2v) is 5.89. The summed E-state index contributed by atoms with van der Waals surface area (Å²) in [7, 11) is 0. The zero-order valence-electron chi connectivity index (χ0n) is 9.19. The highest BCUT2D eigenvalue weighted by Gasteiger charge is 2.27. The maximum absolute atomic E-state index is 12.2. The number of carbonyl (C=O) groups excluding carboxylic acids is 1. The summed E-state index contributed by atoms with van der Waals surface area (Å²) in [5.74, 6) is 0.132. The van der Waals surface area contributed by atoms with Gasteiger partial charge in [-0.15, -0.1) is 11.3 Å². The number of amides is 1. The second-order valence-electron chi connectivity index (χ2n) is 4.09. The molecule has 0 spiro atoms. The molecule has 6 heteroatoms. The Morgan fingerprint density at radius 1 is 1.65 bits per heavy atom. The van der Waals surface area contributed by atoms with Gasteiger partial charge in [-0.25, -0.2) is 0 Å². The Bertz CT molecular complexity index is 446. The van der Waals surface area contributed by atoms with Crippen LogP contribution in [-0.4, -0.2) is 28.9 Å². The van der Waals surface area contributed by atoms with Gasteiger partial charge in [-0.1, -0.05) is 23.8 Å². The van der Waals surface area contributed by atoms with E-state index in [0.29, 0.717) is 21.4 Å². The van der Waals surface area contributed by atoms with E-state index in [0.717, 1.165) is 19.4 Å². The molecule has 0 saturated carbocycles. The van der Waals surface area contributed by atoms with E-state index in [1.54, 1.807) is 11.0 Å². The molecule has 17 heavy (non-hydrogen) atoms. The molecule has 1 saturated heterocycles. The summed E-state index contributed by atoms with van der Waals surface area (Å²) in [6, 6.07) is 1.74. The van der Waals surface area contributed by atoms with E-state index in [4.69, 9.17) is 29.6 Å². The fourth-order valence-corrected chi connectivity index (χ4v) is 3.28. The van der Waals surface area contributed by atoms with Gasteiger partial charge < -0.3 is 10.6 Å². The molecule has 1 aromatic rings. The standard InChI is InChI=1S/C11H13ClN2OS2/c12-8-3-5-17-9(8)11(15)14-4-1-2-7(6-14)10(13)16/h3,5,7H,1-2,4,6H2,(H2,13,16). The molecule has 2 heterocycles. The van der Waals surface area contributed by atoms with Crippen molar-refractivity contribution in [2.24, 2.45) is 11.7 Å². The van der Waals surface area contributed by atoms with E-state index in [1.807, 2.05) is 5.38 Å². The number of hydrogen-bond acceptors (Lipinski definition) is 3. The van der Waals surface area contributed by atoms with Crippen molar-refractivity contribution in [3.05, 3.63) is 21.3 Å². The van der Waals surface area contributed by atoms with Crippen LogP contribution >= 0.6 is 35.2 Å². The molecule has 1 aromatic heterocycles. The summed E-state index contributed by atoms with van der Waals surface area (Å²) < 4.78 is 0. The first-order valence-electron chi connectivity index (χ1n) is 5.41. The predicted molar refractivity (Wildman–Crippen MR) is 74.7 cm³/mol. The summed E-state index contributed by atoms with van der Waals surface area (Å²) in [6.45, 7) is 1.37. The Hall–Kier alpha value is -0.650. The van der Waals surface area contributed by atoms with Crippen LogP contribution in [0, 0.1) is 5.92 Å². The van der Waals surface area contributed by atoms with Gasteiger partial charge in [0, 0.05) is 19.0 Å². The molecule has 0 radical (unpaired) electrons. The Morgan fingerprint density at radius 3 is 3.00 bits per heavy atom. The van der Waals surface area contributed by atoms with Crippen LogP contribution in [0.25, 0.3) is 0 Å². The molecular weight excluding hydrogens is 276 g/mol. The van der Waals surface area contributed by atoms with Gasteiger partial charge in [0.25, 0.3) is 5.91 Å². The summed E-state index contributed by atoms with van der Waals surface area (Å²) in [4.78, 5) is 15.1. The van der Waals surface area contributed by atoms with Crippen molar-refractivity contribution in [2.75, 3.05) is 13.1 Å². The minimum absolute atomic E-state index is 0.00838. The molecule has 0 aliphatic carbocycles. The normalized spacial score (nSPS) is 20.3. The maximum atomic E-state index is 12.2. The molecule has 0 bridgehead atoms. The molecule has 1 aliphatic heterocycles. The second kappa shape index (κ2) is 5.33. The highest BCUT2D eigenvalue weighted by atomic mass is 35.5. The highest BCUT2D eigenvalue weighted by molar-refractivity contribution is 7.80. The Labute approximate surface area is 115 Å². The maximum Gasteiger partial charge on any atom is 0.265 e. The van der Waals surface area contributed by atoms with Gasteiger partial charge in [-0.05, 0) is 24.3 Å². The molecule has 1 aliphatic rings. The largest absolute Gasteiger partial charge is 0.393 e. The highest BCUT2D eigenvalue weighted by Crippen LogP contribution is 2.26. The minimum Gasteiger partial charge on any atom is -0.393 e. The average molecular weight is 289 g/mol. The van der Waals surface area contributed by atoms with Crippen molar-refractivity contribution in [1.29, 1.82) is 0 Å². The van der Waals surface area contributed by atoms with Crippen molar-refractivity contribution in [1.82, 2.24) is 4.90 Å². The molecule has 1 amide bonds. The number of nitrogens with two attached hydrogens (primary N) is 1. The summed E-state index contributed by atoms with van der Waals surface area (Å²) in [5.41, 5.74) is 5.65. The Balaban J connectivity index is 2.10. The van der Waals surface area contributed by atoms with Crippen molar-refractivity contribution in [2.45, 2.75) is 12.8 Å². The molecule has 1 fully saturated rings. The summed E-state index contributed by atoms with van der Waals surface area (Å²) in [6.07, 6.45) is 1.91. The van der Waals surface area contributed by atoms with Crippen LogP contribution in [0.5, 0.6) is 0 Å². The SMILES string of the molecule is NC(=S)C1CCCN(C(=O)c2sccc2Cl)C1. The number of thiophene rings is 1. The lowest BCUT2D eigenvalue weighted by atomic mass is 9.98. The minimum atomic E-state index is -0.00838. The number of rotatable bonds is 2. The predicted octanol–water partition coefficient (Wildman–Crippen LogP) is 2.54. The van der Waals surface area contributed by atoms with Crippen LogP contribution in [0.2, 0.25) is 5.02 Å². The fourth-order valence-electron chi connectivity index (χ4n) is 1.98. The fraction of sp³-hybridized carbons (Fsp3) is 0.455. The lowest BCUT2D eigenvalue weighted by molar-refractivity contribution is 0.0708. The lowest BCUT2D eigenvalue weighted by Crippen LogP contribution is -2.43. The first-order valence-corrected chi connectivity index (χ1v) is 7.07. The van der Waals surface area contributed by atoms with Gasteiger partial charge in [0.05, 0.1) is 10.0 Å². The third-order valence-electron chi connectivity index (χ3n) is 2.92. The van der Waals surface area contributed by atoms with Crippen LogP contribution in [0.3, 0.4) is 0 Å². The molecular formula is C11H13ClN2OS2. The quantitative estimate of drug-likeness (QED) is 0.851. The van der Waals surface area contributed by atoms with E-state index < -0.39 is 0 Å². The molecule has 2 rings (SSSR count). The monoisotopic (exact) mass is 288 g/mol. The molecule has 3 nitrogen and oxygen atoms in total. The topological polar surface area (TPSA) is 46.3 Å². The van der Waals surface area contributed by atoms with E-state index in [1.165, 1.54) is 11.3 Å². The van der Waals surface area contributed by atoms with Gasteiger partial charge in [0.1, 0.15) is 4.88 Å². The van der Waals surface area contributed by atoms with Gasteiger partial charge >= 0.3 is 0 Å². The smallest absolute Gasteiger partial charge is 0.265 e. The third-order valence-corrected chi connectivity index (χ3v) is 4.59. The lowest BCUT2D eigenvalue weighted by Gasteiger charge is -2.32. The molecule has 92 valence electrons. The van der Waals surface area contributed by atoms with Gasteiger partial charge in [-0.2, -0.15) is 0 Å². The van der Waals surface area contributed by atoms with Crippen LogP contribution in [0.1, 0.15) is 22.5 Å². The molecule has 0 aromatic carbocycles. The van der Waals surface area contributed by atoms with Crippen LogP contribution in [-0.2, 0) is 0 Å². The molecule has 1 atom stereocenters. The zero-order valence-corrected chi connectivity index (χ0v) is 11.6. The Kier molecular flexibility index (Phi) is 4.01. The average Bonchev–Trinajstić information content (AvgIpc) is 2.74. The number of hydrogen-bond donors (Lipinski definition) is 1. The van der Waals surface area contributed by atoms with Crippen molar-refractivity contribution < 1.29 is 4.79 Å². The Morgan fingerprint density at radius 2 is 2.41 bits per heavy atom. The van der Waals surface area contributed by atoms with E-state index in [9.17, 15) is 4.79 Å². The summed E-state index contributed by atoms with van der Waals surface area (Å²) >= 11 is 12.3. The van der Waals surface area contributed by atoms with E-state index in [-0.39, 0.29) is 11.8 Å². The number of halogens is 1. The van der Waals surface area contributed by atoms with Crippen molar-refractivity contribution >= 4 is 46.1 Å². The van der Waals surface area contributed by atoms with Crippen LogP contribution in [0.4, 0.5) is 0 Å². The van der Waals surface area contributed by atoms with Gasteiger partial charge in [0.2, 0.25) is 0 Å². The number of piperidine rings is 1. The number of likely N-dealkylation sites (tertiary alicyclic amines) is 1. The van der Waals surface area contributed by atoms with Crippen molar-refractivity contribution in [3.63, 3.8) is 0 Å². The van der Waals surface area contributed by atoms with E-state index >= 15 is 0 Å². The van der Waals surface area contributed by atoms with Crippen LogP contribution in [0.15, 0.2) is 11.4 Å². The van der Waals surface area contributed by atoms with Gasteiger partial charge in [0.15, 0.2) is 0 Å². The molecule has 2 N–H and O–H groups in total. The first kappa shape index (κ1) is 12.8. The first-order chi connectivity index (χ1) is 8.09. The summed E-state index contributed by atoms with van der Waals surface area (Å²) in [5, 5.41) is 2.35. The van der Waals surface area contributed by atoms with Crippen LogP contribution < -0.4 is 5.73 Å². The van der Waals surface area contributed by atoms with Gasteiger partial charge in [-0.3, -0.25) is 4.79 Å². The zero-order chi connectivity index (χ0) is 12.4. The van der Waals surface area contributed by atoms with E-state index in [2.05, 4.69) is 0 Å². The number of thiocarbonyl (C=S) groups is 1. The third kappa shape index (κ3) is 2.78. The number of nitrogens with zero attached hydrogens (tertiary/aromatic N) is 1. The molecule has 1 unspecified atom stereocenters.